The van der Waals surface area contributed by atoms with Gasteiger partial charge < -0.3 is 10.0 Å². The monoisotopic (exact) mass is 263 g/mol. The van der Waals surface area contributed by atoms with E-state index in [0.29, 0.717) is 24.7 Å². The van der Waals surface area contributed by atoms with Crippen molar-refractivity contribution in [3.63, 3.8) is 0 Å². The van der Waals surface area contributed by atoms with Crippen molar-refractivity contribution in [2.45, 2.75) is 26.3 Å². The smallest absolute Gasteiger partial charge is 0.257 e. The Bertz CT molecular complexity index is 442. The van der Waals surface area contributed by atoms with Gasteiger partial charge >= 0.3 is 0 Å². The molecule has 2 heterocycles. The van der Waals surface area contributed by atoms with E-state index in [2.05, 4.69) is 23.7 Å². The van der Waals surface area contributed by atoms with E-state index >= 15 is 0 Å². The van der Waals surface area contributed by atoms with Crippen molar-refractivity contribution < 1.29 is 9.90 Å². The Labute approximate surface area is 113 Å². The predicted octanol–water partition coefficient (Wildman–Crippen LogP) is 1.34. The first-order valence-electron chi connectivity index (χ1n) is 6.79. The predicted molar refractivity (Wildman–Crippen MR) is 73.1 cm³/mol. The summed E-state index contributed by atoms with van der Waals surface area (Å²) in [5.41, 5.74) is 0.340. The first-order valence-corrected chi connectivity index (χ1v) is 6.79. The lowest BCUT2D eigenvalue weighted by Gasteiger charge is -2.37. The largest absolute Gasteiger partial charge is 0.505 e. The fourth-order valence-electron chi connectivity index (χ4n) is 2.36. The highest BCUT2D eigenvalue weighted by molar-refractivity contribution is 5.96. The van der Waals surface area contributed by atoms with Gasteiger partial charge in [-0.1, -0.05) is 6.92 Å². The third kappa shape index (κ3) is 3.04. The number of pyridine rings is 1. The molecule has 1 fully saturated rings. The summed E-state index contributed by atoms with van der Waals surface area (Å²) in [6.07, 6.45) is 3.96. The first-order chi connectivity index (χ1) is 9.13. The quantitative estimate of drug-likeness (QED) is 0.894. The summed E-state index contributed by atoms with van der Waals surface area (Å²) in [4.78, 5) is 20.3. The van der Waals surface area contributed by atoms with Crippen LogP contribution in [0.15, 0.2) is 18.5 Å². The highest BCUT2D eigenvalue weighted by Crippen LogP contribution is 2.18. The van der Waals surface area contributed by atoms with E-state index in [9.17, 15) is 9.90 Å². The van der Waals surface area contributed by atoms with E-state index < -0.39 is 0 Å². The van der Waals surface area contributed by atoms with Crippen molar-refractivity contribution in [2.24, 2.45) is 0 Å². The van der Waals surface area contributed by atoms with Crippen LogP contribution in [0.5, 0.6) is 5.75 Å². The highest BCUT2D eigenvalue weighted by atomic mass is 16.3. The van der Waals surface area contributed by atoms with E-state index in [-0.39, 0.29) is 11.7 Å². The molecule has 1 aromatic heterocycles. The minimum Gasteiger partial charge on any atom is -0.505 e. The zero-order valence-electron chi connectivity index (χ0n) is 11.5. The number of carbonyl (C=O) groups excluding carboxylic acids is 1. The second kappa shape index (κ2) is 6.02. The molecule has 1 saturated heterocycles. The summed E-state index contributed by atoms with van der Waals surface area (Å²) >= 11 is 0. The number of nitrogens with zero attached hydrogens (tertiary/aromatic N) is 3. The van der Waals surface area contributed by atoms with Gasteiger partial charge in [0, 0.05) is 38.4 Å². The minimum absolute atomic E-state index is 0.0446. The van der Waals surface area contributed by atoms with Crippen molar-refractivity contribution >= 4 is 5.91 Å². The number of hydrogen-bond donors (Lipinski definition) is 1. The molecule has 5 nitrogen and oxygen atoms in total. The molecule has 2 rings (SSSR count). The average molecular weight is 263 g/mol. The lowest BCUT2D eigenvalue weighted by molar-refractivity contribution is 0.0577. The Morgan fingerprint density at radius 2 is 2.11 bits per heavy atom. The molecule has 1 aliphatic rings. The van der Waals surface area contributed by atoms with Crippen LogP contribution in [0, 0.1) is 0 Å². The molecule has 0 aromatic carbocycles. The normalized spacial score (nSPS) is 18.3. The third-order valence-corrected chi connectivity index (χ3v) is 3.85. The fourth-order valence-corrected chi connectivity index (χ4v) is 2.36. The summed E-state index contributed by atoms with van der Waals surface area (Å²) in [6.45, 7) is 7.61. The topological polar surface area (TPSA) is 56.7 Å². The van der Waals surface area contributed by atoms with E-state index in [0.717, 1.165) is 19.5 Å². The Hall–Kier alpha value is -1.62. The molecule has 1 unspecified atom stereocenters. The molecule has 5 heteroatoms. The summed E-state index contributed by atoms with van der Waals surface area (Å²) in [6, 6.07) is 2.13. The molecule has 0 spiro atoms. The molecule has 0 bridgehead atoms. The molecule has 0 radical (unpaired) electrons. The molecule has 104 valence electrons. The van der Waals surface area contributed by atoms with Crippen LogP contribution < -0.4 is 0 Å². The Morgan fingerprint density at radius 3 is 2.68 bits per heavy atom. The van der Waals surface area contributed by atoms with Gasteiger partial charge in [-0.2, -0.15) is 0 Å². The van der Waals surface area contributed by atoms with E-state index in [1.54, 1.807) is 11.0 Å². The van der Waals surface area contributed by atoms with Crippen molar-refractivity contribution in [1.82, 2.24) is 14.8 Å². The molecule has 1 aromatic rings. The number of rotatable bonds is 3. The van der Waals surface area contributed by atoms with Crippen LogP contribution in [0.2, 0.25) is 0 Å². The maximum Gasteiger partial charge on any atom is 0.257 e. The van der Waals surface area contributed by atoms with Gasteiger partial charge in [-0.3, -0.25) is 14.7 Å². The summed E-state index contributed by atoms with van der Waals surface area (Å²) < 4.78 is 0. The molecule has 1 atom stereocenters. The zero-order valence-corrected chi connectivity index (χ0v) is 11.5. The Morgan fingerprint density at radius 1 is 1.42 bits per heavy atom. The lowest BCUT2D eigenvalue weighted by Crippen LogP contribution is -2.51. The number of aromatic nitrogens is 1. The second-order valence-corrected chi connectivity index (χ2v) is 4.98. The van der Waals surface area contributed by atoms with Crippen molar-refractivity contribution in [2.75, 3.05) is 26.2 Å². The van der Waals surface area contributed by atoms with Gasteiger partial charge in [0.1, 0.15) is 5.75 Å². The zero-order chi connectivity index (χ0) is 13.8. The number of hydrogen-bond acceptors (Lipinski definition) is 4. The van der Waals surface area contributed by atoms with E-state index in [1.165, 1.54) is 12.4 Å². The molecule has 1 aliphatic heterocycles. The van der Waals surface area contributed by atoms with Crippen LogP contribution in [-0.4, -0.2) is 58.0 Å². The molecule has 0 aliphatic carbocycles. The number of carbonyl (C=O) groups is 1. The van der Waals surface area contributed by atoms with Gasteiger partial charge in [0.05, 0.1) is 11.8 Å². The van der Waals surface area contributed by atoms with Crippen LogP contribution >= 0.6 is 0 Å². The summed E-state index contributed by atoms with van der Waals surface area (Å²) in [5, 5.41) is 9.67. The Kier molecular flexibility index (Phi) is 4.37. The van der Waals surface area contributed by atoms with Crippen molar-refractivity contribution in [3.05, 3.63) is 24.0 Å². The SMILES string of the molecule is CCC(C)N1CCN(C(=O)c2ccncc2O)CC1. The number of amides is 1. The van der Waals surface area contributed by atoms with Gasteiger partial charge in [-0.25, -0.2) is 0 Å². The minimum atomic E-state index is -0.108. The summed E-state index contributed by atoms with van der Waals surface area (Å²) in [5.74, 6) is -0.152. The van der Waals surface area contributed by atoms with Crippen LogP contribution in [0.4, 0.5) is 0 Å². The van der Waals surface area contributed by atoms with Crippen LogP contribution in [-0.2, 0) is 0 Å². The maximum atomic E-state index is 12.3. The van der Waals surface area contributed by atoms with E-state index in [1.807, 2.05) is 0 Å². The number of aromatic hydroxyl groups is 1. The first kappa shape index (κ1) is 13.8. The molecule has 0 saturated carbocycles. The lowest BCUT2D eigenvalue weighted by atomic mass is 10.1. The van der Waals surface area contributed by atoms with Crippen molar-refractivity contribution in [1.29, 1.82) is 0 Å². The maximum absolute atomic E-state index is 12.3. The van der Waals surface area contributed by atoms with Gasteiger partial charge in [-0.05, 0) is 19.4 Å². The Balaban J connectivity index is 1.98. The van der Waals surface area contributed by atoms with E-state index in [4.69, 9.17) is 0 Å². The molecule has 1 N–H and O–H groups in total. The third-order valence-electron chi connectivity index (χ3n) is 3.85. The van der Waals surface area contributed by atoms with Crippen LogP contribution in [0.3, 0.4) is 0 Å². The highest BCUT2D eigenvalue weighted by Gasteiger charge is 2.25. The van der Waals surface area contributed by atoms with Gasteiger partial charge in [0.25, 0.3) is 5.91 Å². The van der Waals surface area contributed by atoms with Gasteiger partial charge in [0.2, 0.25) is 0 Å². The fraction of sp³-hybridized carbons (Fsp3) is 0.571. The van der Waals surface area contributed by atoms with Gasteiger partial charge in [-0.15, -0.1) is 0 Å². The van der Waals surface area contributed by atoms with Gasteiger partial charge in [0.15, 0.2) is 0 Å². The average Bonchev–Trinajstić information content (AvgIpc) is 2.46. The standard InChI is InChI=1S/C14H21N3O2/c1-3-11(2)16-6-8-17(9-7-16)14(19)12-4-5-15-10-13(12)18/h4-5,10-11,18H,3,6-9H2,1-2H3. The molecule has 19 heavy (non-hydrogen) atoms. The summed E-state index contributed by atoms with van der Waals surface area (Å²) in [7, 11) is 0. The molecule has 1 amide bonds. The van der Waals surface area contributed by atoms with Crippen molar-refractivity contribution in [3.8, 4) is 5.75 Å². The van der Waals surface area contributed by atoms with Crippen LogP contribution in [0.1, 0.15) is 30.6 Å². The second-order valence-electron chi connectivity index (χ2n) is 4.98. The number of piperazine rings is 1. The van der Waals surface area contributed by atoms with Crippen LogP contribution in [0.25, 0.3) is 0 Å². The molecular formula is C14H21N3O2. The molecular weight excluding hydrogens is 242 g/mol.